The first-order valence-corrected chi connectivity index (χ1v) is 8.13. The second kappa shape index (κ2) is 8.13. The van der Waals surface area contributed by atoms with Crippen molar-refractivity contribution in [3.05, 3.63) is 71.7 Å². The quantitative estimate of drug-likeness (QED) is 0.511. The third-order valence-corrected chi connectivity index (χ3v) is 3.51. The minimum absolute atomic E-state index is 0.0669. The summed E-state index contributed by atoms with van der Waals surface area (Å²) in [4.78, 5) is 28.4. The molecule has 1 aromatic heterocycles. The van der Waals surface area contributed by atoms with Gasteiger partial charge >= 0.3 is 5.97 Å². The lowest BCUT2D eigenvalue weighted by Gasteiger charge is -2.07. The van der Waals surface area contributed by atoms with Crippen LogP contribution in [0.3, 0.4) is 0 Å². The van der Waals surface area contributed by atoms with Gasteiger partial charge in [0.2, 0.25) is 17.5 Å². The van der Waals surface area contributed by atoms with Crippen LogP contribution in [0.5, 0.6) is 0 Å². The number of anilines is 1. The molecule has 3 rings (SSSR count). The van der Waals surface area contributed by atoms with Gasteiger partial charge in [-0.1, -0.05) is 18.2 Å². The maximum Gasteiger partial charge on any atom is 0.362 e. The first kappa shape index (κ1) is 18.1. The Balaban J connectivity index is 1.82. The minimum atomic E-state index is -0.693. The van der Waals surface area contributed by atoms with Gasteiger partial charge in [-0.15, -0.1) is 0 Å². The zero-order chi connectivity index (χ0) is 19.2. The largest absolute Gasteiger partial charge is 0.461 e. The van der Waals surface area contributed by atoms with E-state index < -0.39 is 17.7 Å². The van der Waals surface area contributed by atoms with E-state index in [0.717, 1.165) is 0 Å². The summed E-state index contributed by atoms with van der Waals surface area (Å²) >= 11 is 0. The smallest absolute Gasteiger partial charge is 0.362 e. The molecule has 7 nitrogen and oxygen atoms in total. The van der Waals surface area contributed by atoms with Gasteiger partial charge in [-0.3, -0.25) is 15.6 Å². The Labute approximate surface area is 154 Å². The molecule has 0 fully saturated rings. The van der Waals surface area contributed by atoms with Gasteiger partial charge in [0.1, 0.15) is 5.82 Å². The van der Waals surface area contributed by atoms with Crippen molar-refractivity contribution >= 4 is 17.8 Å². The number of oxazole rings is 1. The van der Waals surface area contributed by atoms with E-state index in [0.29, 0.717) is 5.56 Å². The number of ether oxygens (including phenoxy) is 1. The van der Waals surface area contributed by atoms with Crippen LogP contribution >= 0.6 is 0 Å². The van der Waals surface area contributed by atoms with Gasteiger partial charge in [-0.05, 0) is 43.3 Å². The van der Waals surface area contributed by atoms with Gasteiger partial charge in [0.05, 0.1) is 6.61 Å². The molecule has 0 spiro atoms. The van der Waals surface area contributed by atoms with E-state index in [-0.39, 0.29) is 29.6 Å². The van der Waals surface area contributed by atoms with Gasteiger partial charge in [-0.2, -0.15) is 4.98 Å². The zero-order valence-electron chi connectivity index (χ0n) is 14.4. The second-order valence-electron chi connectivity index (χ2n) is 5.37. The maximum atomic E-state index is 13.0. The van der Waals surface area contributed by atoms with Crippen LogP contribution in [0.1, 0.15) is 27.8 Å². The summed E-state index contributed by atoms with van der Waals surface area (Å²) in [6.45, 7) is 1.83. The summed E-state index contributed by atoms with van der Waals surface area (Å²) in [7, 11) is 0. The topological polar surface area (TPSA) is 93.5 Å². The van der Waals surface area contributed by atoms with E-state index in [9.17, 15) is 14.0 Å². The van der Waals surface area contributed by atoms with Crippen LogP contribution in [-0.4, -0.2) is 23.5 Å². The molecule has 1 heterocycles. The molecule has 0 bridgehead atoms. The molecule has 0 saturated heterocycles. The van der Waals surface area contributed by atoms with Crippen LogP contribution in [-0.2, 0) is 4.74 Å². The molecule has 3 aromatic rings. The Morgan fingerprint density at radius 1 is 1.11 bits per heavy atom. The molecule has 138 valence electrons. The van der Waals surface area contributed by atoms with Crippen LogP contribution in [0.2, 0.25) is 0 Å². The molecular formula is C19H16FN3O4. The SMILES string of the molecule is CCOC(=O)c1nc(-c2ccccc2)oc1NNC(=O)c1ccc(F)cc1. The van der Waals surface area contributed by atoms with Crippen LogP contribution < -0.4 is 10.9 Å². The summed E-state index contributed by atoms with van der Waals surface area (Å²) < 4.78 is 23.5. The normalized spacial score (nSPS) is 10.3. The van der Waals surface area contributed by atoms with Crippen LogP contribution in [0.25, 0.3) is 11.5 Å². The molecule has 0 atom stereocenters. The third kappa shape index (κ3) is 4.30. The number of carbonyl (C=O) groups excluding carboxylic acids is 2. The molecule has 27 heavy (non-hydrogen) atoms. The number of carbonyl (C=O) groups is 2. The van der Waals surface area contributed by atoms with Gasteiger partial charge in [-0.25, -0.2) is 9.18 Å². The van der Waals surface area contributed by atoms with E-state index >= 15 is 0 Å². The Morgan fingerprint density at radius 2 is 1.81 bits per heavy atom. The molecule has 0 aliphatic rings. The highest BCUT2D eigenvalue weighted by Gasteiger charge is 2.22. The van der Waals surface area contributed by atoms with Crippen LogP contribution in [0.15, 0.2) is 59.0 Å². The molecular weight excluding hydrogens is 353 g/mol. The molecule has 0 saturated carbocycles. The van der Waals surface area contributed by atoms with Crippen molar-refractivity contribution in [3.63, 3.8) is 0 Å². The fraction of sp³-hybridized carbons (Fsp3) is 0.105. The van der Waals surface area contributed by atoms with E-state index in [2.05, 4.69) is 15.8 Å². The van der Waals surface area contributed by atoms with E-state index in [4.69, 9.17) is 9.15 Å². The monoisotopic (exact) mass is 369 g/mol. The Kier molecular flexibility index (Phi) is 5.46. The molecule has 1 amide bonds. The number of halogens is 1. The molecule has 2 N–H and O–H groups in total. The van der Waals surface area contributed by atoms with Gasteiger partial charge in [0.15, 0.2) is 0 Å². The van der Waals surface area contributed by atoms with Gasteiger partial charge < -0.3 is 9.15 Å². The van der Waals surface area contributed by atoms with E-state index in [1.807, 2.05) is 6.07 Å². The van der Waals surface area contributed by atoms with Crippen LogP contribution in [0, 0.1) is 5.82 Å². The maximum absolute atomic E-state index is 13.0. The first-order chi connectivity index (χ1) is 13.1. The predicted octanol–water partition coefficient (Wildman–Crippen LogP) is 3.41. The number of hydrogen-bond donors (Lipinski definition) is 2. The number of rotatable bonds is 6. The number of nitrogens with zero attached hydrogens (tertiary/aromatic N) is 1. The summed E-state index contributed by atoms with van der Waals surface area (Å²) in [5.74, 6) is -1.56. The lowest BCUT2D eigenvalue weighted by molar-refractivity contribution is 0.0520. The van der Waals surface area contributed by atoms with Gasteiger partial charge in [0, 0.05) is 11.1 Å². The van der Waals surface area contributed by atoms with E-state index in [1.165, 1.54) is 24.3 Å². The number of hydrazine groups is 1. The lowest BCUT2D eigenvalue weighted by Crippen LogP contribution is -2.30. The molecule has 0 aliphatic heterocycles. The average molecular weight is 369 g/mol. The van der Waals surface area contributed by atoms with Crippen molar-refractivity contribution < 1.29 is 23.1 Å². The Morgan fingerprint density at radius 3 is 2.48 bits per heavy atom. The number of nitrogens with one attached hydrogen (secondary N) is 2. The average Bonchev–Trinajstić information content (AvgIpc) is 3.12. The molecule has 0 radical (unpaired) electrons. The summed E-state index contributed by atoms with van der Waals surface area (Å²) in [5, 5.41) is 0. The number of aromatic nitrogens is 1. The highest BCUT2D eigenvalue weighted by atomic mass is 19.1. The highest BCUT2D eigenvalue weighted by Crippen LogP contribution is 2.25. The summed E-state index contributed by atoms with van der Waals surface area (Å²) in [6, 6.07) is 14.0. The number of amides is 1. The molecule has 0 aliphatic carbocycles. The highest BCUT2D eigenvalue weighted by molar-refractivity contribution is 5.96. The van der Waals surface area contributed by atoms with Crippen molar-refractivity contribution in [3.8, 4) is 11.5 Å². The van der Waals surface area contributed by atoms with Crippen molar-refractivity contribution in [2.24, 2.45) is 0 Å². The van der Waals surface area contributed by atoms with Crippen molar-refractivity contribution in [2.75, 3.05) is 12.0 Å². The Bertz CT molecular complexity index is 939. The van der Waals surface area contributed by atoms with Crippen molar-refractivity contribution in [1.82, 2.24) is 10.4 Å². The van der Waals surface area contributed by atoms with Gasteiger partial charge in [0.25, 0.3) is 5.91 Å². The fourth-order valence-electron chi connectivity index (χ4n) is 2.23. The minimum Gasteiger partial charge on any atom is -0.461 e. The predicted molar refractivity (Wildman–Crippen MR) is 95.4 cm³/mol. The fourth-order valence-corrected chi connectivity index (χ4v) is 2.23. The first-order valence-electron chi connectivity index (χ1n) is 8.13. The number of hydrogen-bond acceptors (Lipinski definition) is 6. The summed E-state index contributed by atoms with van der Waals surface area (Å²) in [5.41, 5.74) is 5.69. The lowest BCUT2D eigenvalue weighted by atomic mass is 10.2. The Hall–Kier alpha value is -3.68. The molecule has 0 unspecified atom stereocenters. The summed E-state index contributed by atoms with van der Waals surface area (Å²) in [6.07, 6.45) is 0. The standard InChI is InChI=1S/C19H16FN3O4/c1-2-26-19(25)15-18(27-17(21-15)13-6-4-3-5-7-13)23-22-16(24)12-8-10-14(20)11-9-12/h3-11,23H,2H2,1H3,(H,22,24). The second-order valence-corrected chi connectivity index (χ2v) is 5.37. The molecule has 2 aromatic carbocycles. The number of benzene rings is 2. The third-order valence-electron chi connectivity index (χ3n) is 3.51. The molecule has 8 heteroatoms. The van der Waals surface area contributed by atoms with Crippen molar-refractivity contribution in [2.45, 2.75) is 6.92 Å². The number of esters is 1. The van der Waals surface area contributed by atoms with E-state index in [1.54, 1.807) is 31.2 Å². The zero-order valence-corrected chi connectivity index (χ0v) is 14.4. The van der Waals surface area contributed by atoms with Crippen molar-refractivity contribution in [1.29, 1.82) is 0 Å². The van der Waals surface area contributed by atoms with Crippen LogP contribution in [0.4, 0.5) is 10.3 Å².